The zero-order valence-electron chi connectivity index (χ0n) is 12.1. The third kappa shape index (κ3) is 2.44. The average Bonchev–Trinajstić information content (AvgIpc) is 3.11. The molecule has 2 saturated heterocycles. The van der Waals surface area contributed by atoms with E-state index in [-0.39, 0.29) is 0 Å². The van der Waals surface area contributed by atoms with Crippen LogP contribution in [0.1, 0.15) is 24.8 Å². The van der Waals surface area contributed by atoms with Gasteiger partial charge in [-0.05, 0) is 49.6 Å². The first-order valence-electron chi connectivity index (χ1n) is 7.82. The van der Waals surface area contributed by atoms with E-state index < -0.39 is 0 Å². The van der Waals surface area contributed by atoms with Crippen molar-refractivity contribution in [2.75, 3.05) is 13.1 Å². The van der Waals surface area contributed by atoms with Crippen LogP contribution in [-0.4, -0.2) is 35.1 Å². The van der Waals surface area contributed by atoms with Crippen molar-refractivity contribution in [1.82, 2.24) is 15.2 Å². The number of benzene rings is 1. The number of hydrogen-bond acceptors (Lipinski definition) is 3. The molecule has 2 aliphatic heterocycles. The fraction of sp³-hybridized carbons (Fsp3) is 0.471. The Hall–Kier alpha value is -1.16. The van der Waals surface area contributed by atoms with E-state index in [9.17, 15) is 0 Å². The number of fused-ring (bicyclic) bond motifs is 2. The highest BCUT2D eigenvalue weighted by molar-refractivity contribution is 6.35. The van der Waals surface area contributed by atoms with Crippen molar-refractivity contribution < 1.29 is 0 Å². The highest BCUT2D eigenvalue weighted by Crippen LogP contribution is 2.29. The highest BCUT2D eigenvalue weighted by Gasteiger charge is 2.36. The summed E-state index contributed by atoms with van der Waals surface area (Å²) < 4.78 is 0. The molecule has 0 saturated carbocycles. The van der Waals surface area contributed by atoms with Crippen molar-refractivity contribution in [1.29, 1.82) is 0 Å². The van der Waals surface area contributed by atoms with Crippen molar-refractivity contribution >= 4 is 22.5 Å². The van der Waals surface area contributed by atoms with E-state index in [0.717, 1.165) is 28.5 Å². The van der Waals surface area contributed by atoms with Crippen molar-refractivity contribution in [3.05, 3.63) is 41.0 Å². The van der Waals surface area contributed by atoms with Gasteiger partial charge in [0.2, 0.25) is 0 Å². The molecule has 1 aromatic carbocycles. The summed E-state index contributed by atoms with van der Waals surface area (Å²) in [5.41, 5.74) is 2.27. The number of rotatable bonds is 3. The van der Waals surface area contributed by atoms with Gasteiger partial charge in [0, 0.05) is 41.8 Å². The van der Waals surface area contributed by atoms with Gasteiger partial charge in [0.15, 0.2) is 0 Å². The van der Waals surface area contributed by atoms with Crippen LogP contribution < -0.4 is 5.32 Å². The number of hydrogen-bond donors (Lipinski definition) is 1. The number of nitrogens with one attached hydrogen (secondary N) is 1. The van der Waals surface area contributed by atoms with E-state index in [1.54, 1.807) is 0 Å². The quantitative estimate of drug-likeness (QED) is 0.943. The minimum atomic E-state index is 0.627. The maximum absolute atomic E-state index is 6.26. The van der Waals surface area contributed by atoms with Gasteiger partial charge >= 0.3 is 0 Å². The molecule has 21 heavy (non-hydrogen) atoms. The molecule has 0 bridgehead atoms. The molecule has 1 aromatic heterocycles. The monoisotopic (exact) mass is 301 g/mol. The minimum absolute atomic E-state index is 0.627. The minimum Gasteiger partial charge on any atom is -0.308 e. The Labute approximate surface area is 130 Å². The lowest BCUT2D eigenvalue weighted by Crippen LogP contribution is -2.38. The summed E-state index contributed by atoms with van der Waals surface area (Å²) >= 11 is 6.26. The largest absolute Gasteiger partial charge is 0.308 e. The molecule has 2 atom stereocenters. The molecule has 110 valence electrons. The van der Waals surface area contributed by atoms with Gasteiger partial charge in [0.25, 0.3) is 0 Å². The first kappa shape index (κ1) is 13.5. The van der Waals surface area contributed by atoms with Crippen molar-refractivity contribution in [3.63, 3.8) is 0 Å². The summed E-state index contributed by atoms with van der Waals surface area (Å²) in [7, 11) is 0. The van der Waals surface area contributed by atoms with Gasteiger partial charge in [-0.2, -0.15) is 0 Å². The zero-order valence-corrected chi connectivity index (χ0v) is 12.8. The molecule has 4 heteroatoms. The van der Waals surface area contributed by atoms with E-state index in [2.05, 4.69) is 21.3 Å². The maximum Gasteiger partial charge on any atom is 0.0761 e. The van der Waals surface area contributed by atoms with Crippen molar-refractivity contribution in [3.8, 4) is 0 Å². The van der Waals surface area contributed by atoms with E-state index in [1.165, 1.54) is 37.9 Å². The molecule has 0 spiro atoms. The van der Waals surface area contributed by atoms with E-state index in [0.29, 0.717) is 6.04 Å². The Morgan fingerprint density at radius 2 is 2.19 bits per heavy atom. The molecule has 2 unspecified atom stereocenters. The SMILES string of the molecule is Clc1ccc(CNC2CCN3CCCC23)c2ncccc12. The Bertz CT molecular complexity index is 658. The Morgan fingerprint density at radius 3 is 3.14 bits per heavy atom. The van der Waals surface area contributed by atoms with Gasteiger partial charge in [-0.15, -0.1) is 0 Å². The average molecular weight is 302 g/mol. The molecule has 2 aromatic rings. The summed E-state index contributed by atoms with van der Waals surface area (Å²) in [4.78, 5) is 7.15. The topological polar surface area (TPSA) is 28.2 Å². The standard InChI is InChI=1S/C17H20ClN3/c18-14-6-5-12(17-13(14)3-1-8-19-17)11-20-15-7-10-21-9-2-4-16(15)21/h1,3,5-6,8,15-16,20H,2,4,7,9-11H2. The second-order valence-corrected chi connectivity index (χ2v) is 6.53. The van der Waals surface area contributed by atoms with E-state index in [4.69, 9.17) is 11.6 Å². The smallest absolute Gasteiger partial charge is 0.0761 e. The van der Waals surface area contributed by atoms with Crippen molar-refractivity contribution in [2.45, 2.75) is 37.9 Å². The maximum atomic E-state index is 6.26. The number of aromatic nitrogens is 1. The first-order valence-corrected chi connectivity index (χ1v) is 8.20. The van der Waals surface area contributed by atoms with Gasteiger partial charge in [-0.3, -0.25) is 9.88 Å². The van der Waals surface area contributed by atoms with E-state index in [1.807, 2.05) is 24.4 Å². The third-order valence-electron chi connectivity index (χ3n) is 4.96. The van der Waals surface area contributed by atoms with Crippen LogP contribution in [0.5, 0.6) is 0 Å². The molecule has 4 rings (SSSR count). The molecule has 0 aliphatic carbocycles. The second kappa shape index (κ2) is 5.56. The summed E-state index contributed by atoms with van der Waals surface area (Å²) in [5, 5.41) is 5.59. The Balaban J connectivity index is 1.54. The van der Waals surface area contributed by atoms with Crippen LogP contribution in [0.25, 0.3) is 10.9 Å². The summed E-state index contributed by atoms with van der Waals surface area (Å²) in [6.45, 7) is 3.41. The van der Waals surface area contributed by atoms with Crippen molar-refractivity contribution in [2.24, 2.45) is 0 Å². The van der Waals surface area contributed by atoms with Crippen LogP contribution in [0.4, 0.5) is 0 Å². The summed E-state index contributed by atoms with van der Waals surface area (Å²) in [5.74, 6) is 0. The second-order valence-electron chi connectivity index (χ2n) is 6.13. The number of halogens is 1. The first-order chi connectivity index (χ1) is 10.3. The van der Waals surface area contributed by atoms with Crippen LogP contribution in [0.3, 0.4) is 0 Å². The predicted octanol–water partition coefficient (Wildman–Crippen LogP) is 3.21. The molecule has 2 aliphatic rings. The molecule has 0 amide bonds. The lowest BCUT2D eigenvalue weighted by molar-refractivity contribution is 0.298. The predicted molar refractivity (Wildman–Crippen MR) is 86.6 cm³/mol. The third-order valence-corrected chi connectivity index (χ3v) is 5.29. The number of nitrogens with zero attached hydrogens (tertiary/aromatic N) is 2. The van der Waals surface area contributed by atoms with Gasteiger partial charge in [0.1, 0.15) is 0 Å². The normalized spacial score (nSPS) is 25.6. The number of pyridine rings is 1. The molecule has 3 nitrogen and oxygen atoms in total. The lowest BCUT2D eigenvalue weighted by Gasteiger charge is -2.21. The summed E-state index contributed by atoms with van der Waals surface area (Å²) in [6.07, 6.45) is 5.81. The van der Waals surface area contributed by atoms with Crippen LogP contribution in [0.2, 0.25) is 5.02 Å². The van der Waals surface area contributed by atoms with Gasteiger partial charge < -0.3 is 5.32 Å². The van der Waals surface area contributed by atoms with Crippen LogP contribution >= 0.6 is 11.6 Å². The molecule has 0 radical (unpaired) electrons. The molecule has 3 heterocycles. The summed E-state index contributed by atoms with van der Waals surface area (Å²) in [6, 6.07) is 9.45. The highest BCUT2D eigenvalue weighted by atomic mass is 35.5. The molecular formula is C17H20ClN3. The van der Waals surface area contributed by atoms with Gasteiger partial charge in [-0.25, -0.2) is 0 Å². The Morgan fingerprint density at radius 1 is 1.24 bits per heavy atom. The van der Waals surface area contributed by atoms with Gasteiger partial charge in [0.05, 0.1) is 5.52 Å². The lowest BCUT2D eigenvalue weighted by atomic mass is 10.1. The molecule has 1 N–H and O–H groups in total. The fourth-order valence-electron chi connectivity index (χ4n) is 3.90. The van der Waals surface area contributed by atoms with Crippen LogP contribution in [0.15, 0.2) is 30.5 Å². The van der Waals surface area contributed by atoms with Crippen LogP contribution in [0, 0.1) is 0 Å². The van der Waals surface area contributed by atoms with Crippen LogP contribution in [-0.2, 0) is 6.54 Å². The van der Waals surface area contributed by atoms with E-state index >= 15 is 0 Å². The fourth-order valence-corrected chi connectivity index (χ4v) is 4.12. The molecule has 2 fully saturated rings. The zero-order chi connectivity index (χ0) is 14.2. The molecular weight excluding hydrogens is 282 g/mol. The Kier molecular flexibility index (Phi) is 3.57. The van der Waals surface area contributed by atoms with Gasteiger partial charge in [-0.1, -0.05) is 17.7 Å².